The first-order valence-corrected chi connectivity index (χ1v) is 7.37. The smallest absolute Gasteiger partial charge is 0.0425 e. The number of pyridine rings is 1. The highest BCUT2D eigenvalue weighted by atomic mass is 15.1. The summed E-state index contributed by atoms with van der Waals surface area (Å²) in [5, 5.41) is 0. The second-order valence-corrected chi connectivity index (χ2v) is 5.61. The average molecular weight is 246 g/mol. The Morgan fingerprint density at radius 2 is 2.06 bits per heavy atom. The number of aromatic nitrogens is 1. The molecule has 1 aromatic rings. The first-order chi connectivity index (χ1) is 8.69. The van der Waals surface area contributed by atoms with Gasteiger partial charge in [-0.3, -0.25) is 4.98 Å². The van der Waals surface area contributed by atoms with E-state index in [4.69, 9.17) is 4.98 Å². The molecule has 100 valence electrons. The van der Waals surface area contributed by atoms with Crippen LogP contribution in [0, 0.1) is 13.8 Å². The van der Waals surface area contributed by atoms with Gasteiger partial charge in [-0.05, 0) is 57.5 Å². The first kappa shape index (κ1) is 13.5. The molecule has 0 amide bonds. The Morgan fingerprint density at radius 3 is 2.78 bits per heavy atom. The van der Waals surface area contributed by atoms with Gasteiger partial charge in [0.25, 0.3) is 0 Å². The second kappa shape index (κ2) is 6.33. The zero-order chi connectivity index (χ0) is 13.0. The highest BCUT2D eigenvalue weighted by Crippen LogP contribution is 2.20. The van der Waals surface area contributed by atoms with Crippen LogP contribution >= 0.6 is 0 Å². The fourth-order valence-electron chi connectivity index (χ4n) is 3.16. The Balaban J connectivity index is 2.09. The van der Waals surface area contributed by atoms with Crippen LogP contribution in [0.4, 0.5) is 0 Å². The second-order valence-electron chi connectivity index (χ2n) is 5.61. The summed E-state index contributed by atoms with van der Waals surface area (Å²) in [6.07, 6.45) is 6.60. The lowest BCUT2D eigenvalue weighted by Crippen LogP contribution is -2.36. The van der Waals surface area contributed by atoms with Gasteiger partial charge in [-0.2, -0.15) is 0 Å². The lowest BCUT2D eigenvalue weighted by Gasteiger charge is -2.28. The predicted molar refractivity (Wildman–Crippen MR) is 76.9 cm³/mol. The number of rotatable bonds is 3. The van der Waals surface area contributed by atoms with Gasteiger partial charge in [-0.15, -0.1) is 0 Å². The summed E-state index contributed by atoms with van der Waals surface area (Å²) in [5.74, 6) is 0. The van der Waals surface area contributed by atoms with Crippen molar-refractivity contribution in [3.8, 4) is 0 Å². The molecule has 1 fully saturated rings. The van der Waals surface area contributed by atoms with E-state index >= 15 is 0 Å². The zero-order valence-electron chi connectivity index (χ0n) is 12.1. The summed E-state index contributed by atoms with van der Waals surface area (Å²) in [5.41, 5.74) is 3.77. The van der Waals surface area contributed by atoms with Crippen molar-refractivity contribution >= 4 is 0 Å². The lowest BCUT2D eigenvalue weighted by molar-refractivity contribution is 0.208. The van der Waals surface area contributed by atoms with Gasteiger partial charge in [0.2, 0.25) is 0 Å². The summed E-state index contributed by atoms with van der Waals surface area (Å²) in [4.78, 5) is 7.35. The molecule has 2 rings (SSSR count). The van der Waals surface area contributed by atoms with Crippen molar-refractivity contribution in [1.29, 1.82) is 0 Å². The van der Waals surface area contributed by atoms with Gasteiger partial charge in [0.15, 0.2) is 0 Å². The van der Waals surface area contributed by atoms with E-state index in [1.165, 1.54) is 50.0 Å². The third kappa shape index (κ3) is 3.55. The van der Waals surface area contributed by atoms with Crippen molar-refractivity contribution in [2.24, 2.45) is 0 Å². The van der Waals surface area contributed by atoms with E-state index in [1.54, 1.807) is 0 Å². The summed E-state index contributed by atoms with van der Waals surface area (Å²) >= 11 is 0. The molecule has 1 aliphatic heterocycles. The minimum atomic E-state index is 0.700. The van der Waals surface area contributed by atoms with Crippen LogP contribution in [0.3, 0.4) is 0 Å². The van der Waals surface area contributed by atoms with Crippen LogP contribution in [0.1, 0.15) is 49.6 Å². The van der Waals surface area contributed by atoms with E-state index in [0.29, 0.717) is 6.04 Å². The fourth-order valence-corrected chi connectivity index (χ4v) is 3.16. The molecule has 1 atom stereocenters. The molecule has 18 heavy (non-hydrogen) atoms. The molecule has 1 unspecified atom stereocenters. The number of hydrogen-bond acceptors (Lipinski definition) is 2. The van der Waals surface area contributed by atoms with Crippen molar-refractivity contribution in [3.05, 3.63) is 29.1 Å². The van der Waals surface area contributed by atoms with Gasteiger partial charge in [0, 0.05) is 23.9 Å². The van der Waals surface area contributed by atoms with E-state index in [-0.39, 0.29) is 0 Å². The fraction of sp³-hybridized carbons (Fsp3) is 0.688. The van der Waals surface area contributed by atoms with Crippen LogP contribution in [-0.4, -0.2) is 29.0 Å². The molecule has 0 N–H and O–H groups in total. The van der Waals surface area contributed by atoms with Gasteiger partial charge in [-0.1, -0.05) is 19.8 Å². The Labute approximate surface area is 111 Å². The number of nitrogens with zero attached hydrogens (tertiary/aromatic N) is 2. The van der Waals surface area contributed by atoms with Crippen molar-refractivity contribution in [2.75, 3.05) is 13.1 Å². The van der Waals surface area contributed by atoms with Crippen molar-refractivity contribution in [2.45, 2.75) is 58.9 Å². The molecule has 0 saturated carbocycles. The van der Waals surface area contributed by atoms with Crippen LogP contribution < -0.4 is 0 Å². The Bertz CT molecular complexity index is 366. The summed E-state index contributed by atoms with van der Waals surface area (Å²) in [6.45, 7) is 9.00. The summed E-state index contributed by atoms with van der Waals surface area (Å²) in [7, 11) is 0. The standard InChI is InChI=1S/C16H26N2/c1-4-18-9-7-5-6-8-16(18)12-15-11-13(2)10-14(3)17-15/h10-11,16H,4-9,12H2,1-3H3. The zero-order valence-corrected chi connectivity index (χ0v) is 12.1. The molecule has 1 saturated heterocycles. The SMILES string of the molecule is CCN1CCCCCC1Cc1cc(C)cc(C)n1. The van der Waals surface area contributed by atoms with Gasteiger partial charge in [0.1, 0.15) is 0 Å². The molecule has 2 nitrogen and oxygen atoms in total. The third-order valence-electron chi connectivity index (χ3n) is 4.00. The number of likely N-dealkylation sites (N-methyl/N-ethyl adjacent to an activating group) is 1. The van der Waals surface area contributed by atoms with Gasteiger partial charge in [-0.25, -0.2) is 0 Å². The minimum absolute atomic E-state index is 0.700. The van der Waals surface area contributed by atoms with E-state index in [0.717, 1.165) is 12.1 Å². The monoisotopic (exact) mass is 246 g/mol. The maximum Gasteiger partial charge on any atom is 0.0425 e. The number of aryl methyl sites for hydroxylation is 2. The number of likely N-dealkylation sites (tertiary alicyclic amines) is 1. The third-order valence-corrected chi connectivity index (χ3v) is 4.00. The van der Waals surface area contributed by atoms with Gasteiger partial charge in [0.05, 0.1) is 0 Å². The van der Waals surface area contributed by atoms with Crippen molar-refractivity contribution in [3.63, 3.8) is 0 Å². The summed E-state index contributed by atoms with van der Waals surface area (Å²) < 4.78 is 0. The Morgan fingerprint density at radius 1 is 1.22 bits per heavy atom. The Kier molecular flexibility index (Phi) is 4.76. The van der Waals surface area contributed by atoms with Gasteiger partial charge >= 0.3 is 0 Å². The number of hydrogen-bond donors (Lipinski definition) is 0. The molecular formula is C16H26N2. The summed E-state index contributed by atoms with van der Waals surface area (Å²) in [6, 6.07) is 5.12. The first-order valence-electron chi connectivity index (χ1n) is 7.37. The van der Waals surface area contributed by atoms with E-state index in [1.807, 2.05) is 0 Å². The van der Waals surface area contributed by atoms with E-state index < -0.39 is 0 Å². The van der Waals surface area contributed by atoms with Crippen molar-refractivity contribution < 1.29 is 0 Å². The Hall–Kier alpha value is -0.890. The molecule has 1 aliphatic rings. The average Bonchev–Trinajstić information content (AvgIpc) is 2.52. The van der Waals surface area contributed by atoms with Crippen LogP contribution in [0.5, 0.6) is 0 Å². The predicted octanol–water partition coefficient (Wildman–Crippen LogP) is 3.51. The van der Waals surface area contributed by atoms with Crippen LogP contribution in [0.25, 0.3) is 0 Å². The molecular weight excluding hydrogens is 220 g/mol. The molecule has 0 bridgehead atoms. The topological polar surface area (TPSA) is 16.1 Å². The molecule has 0 radical (unpaired) electrons. The minimum Gasteiger partial charge on any atom is -0.300 e. The van der Waals surface area contributed by atoms with Crippen LogP contribution in [0.2, 0.25) is 0 Å². The molecule has 0 spiro atoms. The normalized spacial score (nSPS) is 21.8. The molecule has 2 heterocycles. The molecule has 2 heteroatoms. The maximum atomic E-state index is 4.70. The molecule has 0 aromatic carbocycles. The highest BCUT2D eigenvalue weighted by Gasteiger charge is 2.20. The lowest BCUT2D eigenvalue weighted by atomic mass is 10.0. The van der Waals surface area contributed by atoms with E-state index in [2.05, 4.69) is 37.8 Å². The quantitative estimate of drug-likeness (QED) is 0.811. The van der Waals surface area contributed by atoms with Gasteiger partial charge < -0.3 is 4.90 Å². The molecule has 1 aromatic heterocycles. The maximum absolute atomic E-state index is 4.70. The van der Waals surface area contributed by atoms with Crippen LogP contribution in [0.15, 0.2) is 12.1 Å². The molecule has 0 aliphatic carbocycles. The van der Waals surface area contributed by atoms with E-state index in [9.17, 15) is 0 Å². The van der Waals surface area contributed by atoms with Crippen LogP contribution in [-0.2, 0) is 6.42 Å². The largest absolute Gasteiger partial charge is 0.300 e. The van der Waals surface area contributed by atoms with Crippen molar-refractivity contribution in [1.82, 2.24) is 9.88 Å². The highest BCUT2D eigenvalue weighted by molar-refractivity contribution is 5.20.